The highest BCUT2D eigenvalue weighted by molar-refractivity contribution is 5.84. The molecule has 128 valence electrons. The van der Waals surface area contributed by atoms with Crippen LogP contribution in [0.4, 0.5) is 16.3 Å². The van der Waals surface area contributed by atoms with Gasteiger partial charge in [0.15, 0.2) is 0 Å². The summed E-state index contributed by atoms with van der Waals surface area (Å²) in [4.78, 5) is 20.8. The van der Waals surface area contributed by atoms with Gasteiger partial charge in [0.25, 0.3) is 0 Å². The van der Waals surface area contributed by atoms with Crippen molar-refractivity contribution in [2.24, 2.45) is 5.92 Å². The van der Waals surface area contributed by atoms with Crippen molar-refractivity contribution in [2.45, 2.75) is 33.7 Å². The third kappa shape index (κ3) is 5.39. The van der Waals surface area contributed by atoms with Crippen LogP contribution in [0.1, 0.15) is 27.7 Å². The highest BCUT2D eigenvalue weighted by Crippen LogP contribution is 2.17. The summed E-state index contributed by atoms with van der Waals surface area (Å²) in [5, 5.41) is 2.70. The molecule has 6 nitrogen and oxygen atoms in total. The molecule has 0 saturated carbocycles. The SMILES string of the molecule is CC(C)COC(=O)Nc1ccc(N2CCN(C(C)C)CC2)nc1. The van der Waals surface area contributed by atoms with Gasteiger partial charge in [-0.3, -0.25) is 10.2 Å². The lowest BCUT2D eigenvalue weighted by Gasteiger charge is -2.37. The van der Waals surface area contributed by atoms with Gasteiger partial charge in [0, 0.05) is 32.2 Å². The number of carbonyl (C=O) groups is 1. The first-order chi connectivity index (χ1) is 11.0. The summed E-state index contributed by atoms with van der Waals surface area (Å²) in [7, 11) is 0. The second kappa shape index (κ2) is 8.15. The Labute approximate surface area is 138 Å². The number of hydrogen-bond donors (Lipinski definition) is 1. The maximum atomic E-state index is 11.6. The summed E-state index contributed by atoms with van der Waals surface area (Å²) < 4.78 is 5.09. The molecule has 1 saturated heterocycles. The fourth-order valence-electron chi connectivity index (χ4n) is 2.51. The molecule has 2 rings (SSSR count). The van der Waals surface area contributed by atoms with E-state index in [0.717, 1.165) is 32.0 Å². The van der Waals surface area contributed by atoms with Gasteiger partial charge in [-0.2, -0.15) is 0 Å². The monoisotopic (exact) mass is 320 g/mol. The van der Waals surface area contributed by atoms with Gasteiger partial charge in [-0.05, 0) is 31.9 Å². The molecule has 0 aliphatic carbocycles. The van der Waals surface area contributed by atoms with Gasteiger partial charge in [-0.15, -0.1) is 0 Å². The average molecular weight is 320 g/mol. The van der Waals surface area contributed by atoms with Crippen LogP contribution in [0.2, 0.25) is 0 Å². The van der Waals surface area contributed by atoms with Crippen molar-refractivity contribution in [1.82, 2.24) is 9.88 Å². The first-order valence-corrected chi connectivity index (χ1v) is 8.34. The summed E-state index contributed by atoms with van der Waals surface area (Å²) in [5.41, 5.74) is 0.656. The molecule has 0 unspecified atom stereocenters. The van der Waals surface area contributed by atoms with Crippen LogP contribution in [0.15, 0.2) is 18.3 Å². The molecular weight excluding hydrogens is 292 g/mol. The third-order valence-electron chi connectivity index (χ3n) is 3.91. The zero-order valence-corrected chi connectivity index (χ0v) is 14.6. The van der Waals surface area contributed by atoms with Crippen LogP contribution in [0, 0.1) is 5.92 Å². The molecule has 2 heterocycles. The first-order valence-electron chi connectivity index (χ1n) is 8.34. The summed E-state index contributed by atoms with van der Waals surface area (Å²) in [6, 6.07) is 4.41. The predicted octanol–water partition coefficient (Wildman–Crippen LogP) is 2.82. The molecule has 1 aliphatic heterocycles. The largest absolute Gasteiger partial charge is 0.449 e. The normalized spacial score (nSPS) is 16.0. The molecule has 1 aromatic rings. The molecule has 0 atom stereocenters. The number of hydrogen-bond acceptors (Lipinski definition) is 5. The van der Waals surface area contributed by atoms with Gasteiger partial charge in [0.2, 0.25) is 0 Å². The third-order valence-corrected chi connectivity index (χ3v) is 3.91. The minimum absolute atomic E-state index is 0.325. The van der Waals surface area contributed by atoms with Crippen LogP contribution in [0.25, 0.3) is 0 Å². The molecule has 1 aliphatic rings. The van der Waals surface area contributed by atoms with Crippen molar-refractivity contribution in [3.63, 3.8) is 0 Å². The predicted molar refractivity (Wildman–Crippen MR) is 93.0 cm³/mol. The maximum Gasteiger partial charge on any atom is 0.411 e. The summed E-state index contributed by atoms with van der Waals surface area (Å²) in [6.07, 6.45) is 1.25. The van der Waals surface area contributed by atoms with E-state index in [9.17, 15) is 4.79 Å². The van der Waals surface area contributed by atoms with Crippen molar-refractivity contribution in [3.05, 3.63) is 18.3 Å². The summed E-state index contributed by atoms with van der Waals surface area (Å²) >= 11 is 0. The topological polar surface area (TPSA) is 57.7 Å². The number of carbonyl (C=O) groups excluding carboxylic acids is 1. The average Bonchev–Trinajstić information content (AvgIpc) is 2.54. The van der Waals surface area contributed by atoms with Crippen molar-refractivity contribution < 1.29 is 9.53 Å². The molecule has 1 N–H and O–H groups in total. The van der Waals surface area contributed by atoms with E-state index in [4.69, 9.17) is 4.74 Å². The fourth-order valence-corrected chi connectivity index (χ4v) is 2.51. The molecule has 0 radical (unpaired) electrons. The van der Waals surface area contributed by atoms with Gasteiger partial charge in [0.1, 0.15) is 5.82 Å². The minimum atomic E-state index is -0.432. The Morgan fingerprint density at radius 2 is 1.91 bits per heavy atom. The van der Waals surface area contributed by atoms with Crippen LogP contribution in [0.3, 0.4) is 0 Å². The van der Waals surface area contributed by atoms with E-state index in [1.807, 2.05) is 26.0 Å². The number of rotatable bonds is 5. The lowest BCUT2D eigenvalue weighted by molar-refractivity contribution is 0.147. The zero-order chi connectivity index (χ0) is 16.8. The Morgan fingerprint density at radius 3 is 2.43 bits per heavy atom. The van der Waals surface area contributed by atoms with E-state index < -0.39 is 6.09 Å². The Morgan fingerprint density at radius 1 is 1.22 bits per heavy atom. The maximum absolute atomic E-state index is 11.6. The van der Waals surface area contributed by atoms with Gasteiger partial charge >= 0.3 is 6.09 Å². The van der Waals surface area contributed by atoms with Gasteiger partial charge in [-0.25, -0.2) is 9.78 Å². The molecular formula is C17H28N4O2. The number of anilines is 2. The minimum Gasteiger partial charge on any atom is -0.449 e. The number of ether oxygens (including phenoxy) is 1. The Bertz CT molecular complexity index is 494. The quantitative estimate of drug-likeness (QED) is 0.904. The van der Waals surface area contributed by atoms with Gasteiger partial charge in [0.05, 0.1) is 18.5 Å². The lowest BCUT2D eigenvalue weighted by Crippen LogP contribution is -2.49. The van der Waals surface area contributed by atoms with Gasteiger partial charge in [-0.1, -0.05) is 13.8 Å². The molecule has 0 spiro atoms. The van der Waals surface area contributed by atoms with E-state index >= 15 is 0 Å². The van der Waals surface area contributed by atoms with E-state index in [1.165, 1.54) is 0 Å². The van der Waals surface area contributed by atoms with Crippen LogP contribution in [-0.4, -0.2) is 54.8 Å². The standard InChI is InChI=1S/C17H28N4O2/c1-13(2)12-23-17(22)19-15-5-6-16(18-11-15)21-9-7-20(8-10-21)14(3)4/h5-6,11,13-14H,7-10,12H2,1-4H3,(H,19,22). The smallest absolute Gasteiger partial charge is 0.411 e. The van der Waals surface area contributed by atoms with E-state index in [-0.39, 0.29) is 0 Å². The number of nitrogens with one attached hydrogen (secondary N) is 1. The number of aromatic nitrogens is 1. The summed E-state index contributed by atoms with van der Waals surface area (Å²) in [6.45, 7) is 13.0. The molecule has 1 fully saturated rings. The van der Waals surface area contributed by atoms with Crippen LogP contribution in [0.5, 0.6) is 0 Å². The van der Waals surface area contributed by atoms with Crippen LogP contribution < -0.4 is 10.2 Å². The molecule has 0 bridgehead atoms. The van der Waals surface area contributed by atoms with E-state index in [2.05, 4.69) is 33.9 Å². The van der Waals surface area contributed by atoms with Crippen LogP contribution in [-0.2, 0) is 4.74 Å². The summed E-state index contributed by atoms with van der Waals surface area (Å²) in [5.74, 6) is 1.28. The van der Waals surface area contributed by atoms with Crippen molar-refractivity contribution in [1.29, 1.82) is 0 Å². The molecule has 6 heteroatoms. The number of amides is 1. The second-order valence-electron chi connectivity index (χ2n) is 6.64. The second-order valence-corrected chi connectivity index (χ2v) is 6.64. The molecule has 1 aromatic heterocycles. The zero-order valence-electron chi connectivity index (χ0n) is 14.6. The molecule has 1 amide bonds. The lowest BCUT2D eigenvalue weighted by atomic mass is 10.2. The fraction of sp³-hybridized carbons (Fsp3) is 0.647. The molecule has 0 aromatic carbocycles. The Kier molecular flexibility index (Phi) is 6.21. The number of nitrogens with zero attached hydrogens (tertiary/aromatic N) is 3. The van der Waals surface area contributed by atoms with Crippen molar-refractivity contribution in [3.8, 4) is 0 Å². The highest BCUT2D eigenvalue weighted by atomic mass is 16.5. The highest BCUT2D eigenvalue weighted by Gasteiger charge is 2.19. The number of piperazine rings is 1. The molecule has 23 heavy (non-hydrogen) atoms. The van der Waals surface area contributed by atoms with Crippen molar-refractivity contribution >= 4 is 17.6 Å². The van der Waals surface area contributed by atoms with Gasteiger partial charge < -0.3 is 9.64 Å². The van der Waals surface area contributed by atoms with E-state index in [0.29, 0.717) is 24.3 Å². The Hall–Kier alpha value is -1.82. The van der Waals surface area contributed by atoms with E-state index in [1.54, 1.807) is 6.20 Å². The Balaban J connectivity index is 1.84. The van der Waals surface area contributed by atoms with Crippen LogP contribution >= 0.6 is 0 Å². The number of pyridine rings is 1. The first kappa shape index (κ1) is 17.5. The van der Waals surface area contributed by atoms with Crippen molar-refractivity contribution in [2.75, 3.05) is 43.0 Å².